The molecule has 0 spiro atoms. The van der Waals surface area contributed by atoms with Gasteiger partial charge in [-0.05, 0) is 44.4 Å². The lowest BCUT2D eigenvalue weighted by molar-refractivity contribution is -0.132. The van der Waals surface area contributed by atoms with Gasteiger partial charge in [-0.25, -0.2) is 4.98 Å². The summed E-state index contributed by atoms with van der Waals surface area (Å²) in [4.78, 5) is 22.0. The molecular weight excluding hydrogens is 330 g/mol. The summed E-state index contributed by atoms with van der Waals surface area (Å²) < 4.78 is 1.27. The highest BCUT2D eigenvalue weighted by Crippen LogP contribution is 2.32. The molecule has 1 amide bonds. The number of rotatable bonds is 3. The molecule has 0 aliphatic carbocycles. The van der Waals surface area contributed by atoms with Crippen molar-refractivity contribution in [1.82, 2.24) is 14.8 Å². The molecule has 4 rings (SSSR count). The van der Waals surface area contributed by atoms with E-state index in [0.29, 0.717) is 18.4 Å². The van der Waals surface area contributed by atoms with E-state index in [1.807, 2.05) is 11.3 Å². The van der Waals surface area contributed by atoms with Gasteiger partial charge in [0, 0.05) is 25.6 Å². The minimum absolute atomic E-state index is 0.326. The van der Waals surface area contributed by atoms with Crippen LogP contribution in [0.1, 0.15) is 49.5 Å². The van der Waals surface area contributed by atoms with E-state index in [9.17, 15) is 4.79 Å². The third kappa shape index (κ3) is 4.04. The first-order chi connectivity index (χ1) is 12.3. The van der Waals surface area contributed by atoms with Crippen molar-refractivity contribution in [2.75, 3.05) is 32.7 Å². The fraction of sp³-hybridized carbons (Fsp3) is 0.600. The van der Waals surface area contributed by atoms with Gasteiger partial charge >= 0.3 is 0 Å². The molecule has 0 saturated carbocycles. The molecule has 0 bridgehead atoms. The summed E-state index contributed by atoms with van der Waals surface area (Å²) in [5.41, 5.74) is 1.11. The number of para-hydroxylation sites is 1. The SMILES string of the molecule is O=C(CN1CCC[C@@H](c2nc3ccccc3s2)C1)N1CCCCCC1. The van der Waals surface area contributed by atoms with Crippen molar-refractivity contribution >= 4 is 27.5 Å². The molecule has 5 heteroatoms. The van der Waals surface area contributed by atoms with Crippen LogP contribution in [0, 0.1) is 0 Å². The standard InChI is InChI=1S/C20H27N3OS/c24-19(23-12-5-1-2-6-13-23)15-22-11-7-8-16(14-22)20-21-17-9-3-4-10-18(17)25-20/h3-4,9-10,16H,1-2,5-8,11-15H2/t16-/m1/s1. The molecule has 2 aromatic rings. The minimum atomic E-state index is 0.326. The smallest absolute Gasteiger partial charge is 0.236 e. The summed E-state index contributed by atoms with van der Waals surface area (Å²) in [7, 11) is 0. The molecule has 134 valence electrons. The van der Waals surface area contributed by atoms with Gasteiger partial charge in [0.05, 0.1) is 21.8 Å². The van der Waals surface area contributed by atoms with Crippen LogP contribution in [-0.4, -0.2) is 53.4 Å². The molecule has 0 unspecified atom stereocenters. The normalized spacial score (nSPS) is 22.9. The lowest BCUT2D eigenvalue weighted by Gasteiger charge is -2.32. The maximum Gasteiger partial charge on any atom is 0.236 e. The maximum absolute atomic E-state index is 12.7. The number of fused-ring (bicyclic) bond motifs is 1. The average molecular weight is 358 g/mol. The third-order valence-electron chi connectivity index (χ3n) is 5.48. The molecular formula is C20H27N3OS. The Morgan fingerprint density at radius 3 is 2.68 bits per heavy atom. The van der Waals surface area contributed by atoms with E-state index in [4.69, 9.17) is 4.98 Å². The maximum atomic E-state index is 12.7. The number of benzene rings is 1. The van der Waals surface area contributed by atoms with E-state index in [1.165, 1.54) is 41.8 Å². The first-order valence-corrected chi connectivity index (χ1v) is 10.5. The van der Waals surface area contributed by atoms with Gasteiger partial charge in [-0.15, -0.1) is 11.3 Å². The van der Waals surface area contributed by atoms with E-state index in [0.717, 1.165) is 38.1 Å². The molecule has 2 fully saturated rings. The summed E-state index contributed by atoms with van der Waals surface area (Å²) in [6.07, 6.45) is 7.22. The zero-order valence-corrected chi connectivity index (χ0v) is 15.6. The number of carbonyl (C=O) groups is 1. The van der Waals surface area contributed by atoms with Crippen LogP contribution in [0.4, 0.5) is 0 Å². The van der Waals surface area contributed by atoms with Crippen molar-refractivity contribution in [3.05, 3.63) is 29.3 Å². The number of hydrogen-bond donors (Lipinski definition) is 0. The van der Waals surface area contributed by atoms with Crippen LogP contribution in [-0.2, 0) is 4.79 Å². The van der Waals surface area contributed by atoms with Crippen LogP contribution in [0.25, 0.3) is 10.2 Å². The largest absolute Gasteiger partial charge is 0.342 e. The van der Waals surface area contributed by atoms with Gasteiger partial charge in [0.2, 0.25) is 5.91 Å². The number of nitrogens with zero attached hydrogens (tertiary/aromatic N) is 3. The summed E-state index contributed by atoms with van der Waals surface area (Å²) >= 11 is 1.82. The Morgan fingerprint density at radius 1 is 1.08 bits per heavy atom. The van der Waals surface area contributed by atoms with Crippen molar-refractivity contribution in [1.29, 1.82) is 0 Å². The van der Waals surface area contributed by atoms with Gasteiger partial charge in [-0.3, -0.25) is 9.69 Å². The lowest BCUT2D eigenvalue weighted by Crippen LogP contribution is -2.44. The first kappa shape index (κ1) is 17.0. The number of piperidine rings is 1. The Balaban J connectivity index is 1.39. The number of thiazole rings is 1. The van der Waals surface area contributed by atoms with Gasteiger partial charge in [0.15, 0.2) is 0 Å². The molecule has 0 radical (unpaired) electrons. The molecule has 1 aromatic heterocycles. The molecule has 2 aliphatic heterocycles. The topological polar surface area (TPSA) is 36.4 Å². The third-order valence-corrected chi connectivity index (χ3v) is 6.68. The predicted octanol–water partition coefficient (Wildman–Crippen LogP) is 3.88. The average Bonchev–Trinajstić information content (AvgIpc) is 2.88. The van der Waals surface area contributed by atoms with Crippen LogP contribution < -0.4 is 0 Å². The monoisotopic (exact) mass is 357 g/mol. The van der Waals surface area contributed by atoms with Gasteiger partial charge < -0.3 is 4.90 Å². The number of carbonyl (C=O) groups excluding carboxylic acids is 1. The molecule has 1 atom stereocenters. The van der Waals surface area contributed by atoms with Crippen LogP contribution in [0.15, 0.2) is 24.3 Å². The number of amides is 1. The van der Waals surface area contributed by atoms with Crippen molar-refractivity contribution in [3.63, 3.8) is 0 Å². The molecule has 2 saturated heterocycles. The van der Waals surface area contributed by atoms with E-state index >= 15 is 0 Å². The molecule has 2 aliphatic rings. The molecule has 3 heterocycles. The van der Waals surface area contributed by atoms with Crippen LogP contribution >= 0.6 is 11.3 Å². The fourth-order valence-electron chi connectivity index (χ4n) is 4.08. The quantitative estimate of drug-likeness (QED) is 0.836. The fourth-order valence-corrected chi connectivity index (χ4v) is 5.17. The highest BCUT2D eigenvalue weighted by atomic mass is 32.1. The molecule has 1 aromatic carbocycles. The first-order valence-electron chi connectivity index (χ1n) is 9.65. The summed E-state index contributed by atoms with van der Waals surface area (Å²) in [6.45, 7) is 4.50. The van der Waals surface area contributed by atoms with Gasteiger partial charge in [-0.2, -0.15) is 0 Å². The Morgan fingerprint density at radius 2 is 1.88 bits per heavy atom. The number of hydrogen-bond acceptors (Lipinski definition) is 4. The van der Waals surface area contributed by atoms with E-state index in [1.54, 1.807) is 0 Å². The van der Waals surface area contributed by atoms with Crippen molar-refractivity contribution in [3.8, 4) is 0 Å². The van der Waals surface area contributed by atoms with E-state index in [-0.39, 0.29) is 0 Å². The number of likely N-dealkylation sites (tertiary alicyclic amines) is 2. The van der Waals surface area contributed by atoms with Crippen LogP contribution in [0.2, 0.25) is 0 Å². The highest BCUT2D eigenvalue weighted by molar-refractivity contribution is 7.18. The second-order valence-corrected chi connectivity index (χ2v) is 8.45. The Labute approximate surface area is 153 Å². The van der Waals surface area contributed by atoms with Crippen LogP contribution in [0.3, 0.4) is 0 Å². The van der Waals surface area contributed by atoms with Gasteiger partial charge in [-0.1, -0.05) is 25.0 Å². The lowest BCUT2D eigenvalue weighted by atomic mass is 9.98. The van der Waals surface area contributed by atoms with E-state index in [2.05, 4.69) is 34.1 Å². The van der Waals surface area contributed by atoms with Gasteiger partial charge in [0.25, 0.3) is 0 Å². The number of aromatic nitrogens is 1. The molecule has 4 nitrogen and oxygen atoms in total. The zero-order chi connectivity index (χ0) is 17.1. The van der Waals surface area contributed by atoms with Crippen molar-refractivity contribution in [2.45, 2.75) is 44.4 Å². The van der Waals surface area contributed by atoms with Crippen molar-refractivity contribution in [2.24, 2.45) is 0 Å². The molecule has 25 heavy (non-hydrogen) atoms. The second kappa shape index (κ2) is 7.83. The van der Waals surface area contributed by atoms with Gasteiger partial charge in [0.1, 0.15) is 0 Å². The predicted molar refractivity (Wildman–Crippen MR) is 103 cm³/mol. The van der Waals surface area contributed by atoms with Crippen molar-refractivity contribution < 1.29 is 4.79 Å². The Hall–Kier alpha value is -1.46. The van der Waals surface area contributed by atoms with E-state index < -0.39 is 0 Å². The zero-order valence-electron chi connectivity index (χ0n) is 14.8. The molecule has 0 N–H and O–H groups in total. The summed E-state index contributed by atoms with van der Waals surface area (Å²) in [5, 5.41) is 1.24. The Kier molecular flexibility index (Phi) is 5.32. The Bertz CT molecular complexity index is 688. The van der Waals surface area contributed by atoms with Crippen LogP contribution in [0.5, 0.6) is 0 Å². The summed E-state index contributed by atoms with van der Waals surface area (Å²) in [6, 6.07) is 8.38. The minimum Gasteiger partial charge on any atom is -0.342 e. The summed E-state index contributed by atoms with van der Waals surface area (Å²) in [5.74, 6) is 0.801. The second-order valence-electron chi connectivity index (χ2n) is 7.39. The highest BCUT2D eigenvalue weighted by Gasteiger charge is 2.26.